The maximum Gasteiger partial charge on any atom is 0.410 e. The van der Waals surface area contributed by atoms with Crippen LogP contribution in [0.3, 0.4) is 0 Å². The van der Waals surface area contributed by atoms with Gasteiger partial charge in [0.15, 0.2) is 0 Å². The van der Waals surface area contributed by atoms with Crippen LogP contribution in [0.5, 0.6) is 5.75 Å². The summed E-state index contributed by atoms with van der Waals surface area (Å²) in [6, 6.07) is 8.30. The number of nitrogens with zero attached hydrogens (tertiary/aromatic N) is 1. The van der Waals surface area contributed by atoms with Crippen molar-refractivity contribution in [3.05, 3.63) is 27.8 Å². The van der Waals surface area contributed by atoms with Gasteiger partial charge in [0.2, 0.25) is 0 Å². The van der Waals surface area contributed by atoms with Gasteiger partial charge in [-0.05, 0) is 112 Å². The van der Waals surface area contributed by atoms with Crippen LogP contribution in [0.2, 0.25) is 0 Å². The standard InChI is InChI=1S/C21H30INO3/c1-20(2,3)26-19(24)23-14-12-21(13-15-23)10-8-18(9-11-21)25-17-6-4-16(22)5-7-17/h4-7,18H,8-15H2,1-3H3. The van der Waals surface area contributed by atoms with Crippen molar-refractivity contribution >= 4 is 28.7 Å². The van der Waals surface area contributed by atoms with E-state index in [-0.39, 0.29) is 6.09 Å². The Bertz CT molecular complexity index is 605. The maximum atomic E-state index is 12.2. The van der Waals surface area contributed by atoms with E-state index in [2.05, 4.69) is 46.9 Å². The summed E-state index contributed by atoms with van der Waals surface area (Å²) < 4.78 is 12.9. The van der Waals surface area contributed by atoms with Crippen molar-refractivity contribution in [2.45, 2.75) is 71.0 Å². The Morgan fingerprint density at radius 1 is 1.08 bits per heavy atom. The molecule has 0 radical (unpaired) electrons. The summed E-state index contributed by atoms with van der Waals surface area (Å²) in [6.07, 6.45) is 6.95. The van der Waals surface area contributed by atoms with Crippen LogP contribution in [0.15, 0.2) is 24.3 Å². The quantitative estimate of drug-likeness (QED) is 0.525. The van der Waals surface area contributed by atoms with Gasteiger partial charge in [-0.2, -0.15) is 0 Å². The molecule has 1 aliphatic heterocycles. The predicted molar refractivity (Wildman–Crippen MR) is 112 cm³/mol. The second-order valence-electron chi connectivity index (χ2n) is 8.74. The number of carbonyl (C=O) groups is 1. The first-order valence-corrected chi connectivity index (χ1v) is 10.7. The number of benzene rings is 1. The zero-order valence-corrected chi connectivity index (χ0v) is 18.3. The first-order chi connectivity index (χ1) is 12.2. The van der Waals surface area contributed by atoms with E-state index < -0.39 is 5.60 Å². The average molecular weight is 471 g/mol. The summed E-state index contributed by atoms with van der Waals surface area (Å²) in [5.74, 6) is 0.978. The van der Waals surface area contributed by atoms with Crippen molar-refractivity contribution in [3.63, 3.8) is 0 Å². The monoisotopic (exact) mass is 471 g/mol. The van der Waals surface area contributed by atoms with Gasteiger partial charge < -0.3 is 14.4 Å². The highest BCUT2D eigenvalue weighted by Crippen LogP contribution is 2.45. The van der Waals surface area contributed by atoms with Crippen LogP contribution in [-0.2, 0) is 4.74 Å². The molecule has 2 fully saturated rings. The number of rotatable bonds is 2. The molecule has 1 saturated carbocycles. The third kappa shape index (κ3) is 5.27. The van der Waals surface area contributed by atoms with Crippen molar-refractivity contribution in [2.24, 2.45) is 5.41 Å². The molecule has 0 bridgehead atoms. The van der Waals surface area contributed by atoms with E-state index in [1.165, 1.54) is 16.4 Å². The average Bonchev–Trinajstić information content (AvgIpc) is 2.58. The molecule has 1 amide bonds. The molecule has 1 aromatic rings. The highest BCUT2D eigenvalue weighted by atomic mass is 127. The van der Waals surface area contributed by atoms with Gasteiger partial charge in [-0.15, -0.1) is 0 Å². The van der Waals surface area contributed by atoms with Gasteiger partial charge in [0.05, 0.1) is 6.10 Å². The first kappa shape index (κ1) is 19.8. The Balaban J connectivity index is 1.46. The fourth-order valence-corrected chi connectivity index (χ4v) is 4.38. The number of hydrogen-bond donors (Lipinski definition) is 0. The third-order valence-electron chi connectivity index (χ3n) is 5.59. The molecule has 0 aromatic heterocycles. The van der Waals surface area contributed by atoms with Crippen LogP contribution in [0.1, 0.15) is 59.3 Å². The fraction of sp³-hybridized carbons (Fsp3) is 0.667. The van der Waals surface area contributed by atoms with Crippen molar-refractivity contribution in [1.82, 2.24) is 4.90 Å². The van der Waals surface area contributed by atoms with E-state index in [0.717, 1.165) is 44.5 Å². The molecule has 1 aromatic carbocycles. The second kappa shape index (κ2) is 7.95. The van der Waals surface area contributed by atoms with E-state index in [1.807, 2.05) is 25.7 Å². The second-order valence-corrected chi connectivity index (χ2v) is 9.98. The molecular formula is C21H30INO3. The molecular weight excluding hydrogens is 441 g/mol. The van der Waals surface area contributed by atoms with Crippen LogP contribution in [0.4, 0.5) is 4.79 Å². The van der Waals surface area contributed by atoms with E-state index in [0.29, 0.717) is 11.5 Å². The Morgan fingerprint density at radius 2 is 1.65 bits per heavy atom. The summed E-state index contributed by atoms with van der Waals surface area (Å²) >= 11 is 2.31. The Hall–Kier alpha value is -0.980. The highest BCUT2D eigenvalue weighted by molar-refractivity contribution is 14.1. The van der Waals surface area contributed by atoms with Crippen LogP contribution >= 0.6 is 22.6 Å². The number of halogens is 1. The van der Waals surface area contributed by atoms with Crippen LogP contribution in [-0.4, -0.2) is 35.8 Å². The molecule has 26 heavy (non-hydrogen) atoms. The molecule has 0 atom stereocenters. The summed E-state index contributed by atoms with van der Waals surface area (Å²) in [5.41, 5.74) is -0.0262. The molecule has 3 rings (SSSR count). The zero-order chi connectivity index (χ0) is 18.8. The van der Waals surface area contributed by atoms with Crippen molar-refractivity contribution in [3.8, 4) is 5.75 Å². The van der Waals surface area contributed by atoms with Gasteiger partial charge >= 0.3 is 6.09 Å². The number of hydrogen-bond acceptors (Lipinski definition) is 3. The molecule has 2 aliphatic rings. The minimum atomic E-state index is -0.420. The molecule has 4 nitrogen and oxygen atoms in total. The topological polar surface area (TPSA) is 38.8 Å². The largest absolute Gasteiger partial charge is 0.490 e. The summed E-state index contributed by atoms with van der Waals surface area (Å²) in [5, 5.41) is 0. The summed E-state index contributed by atoms with van der Waals surface area (Å²) in [4.78, 5) is 14.1. The number of piperidine rings is 1. The van der Waals surface area contributed by atoms with Gasteiger partial charge in [-0.1, -0.05) is 0 Å². The molecule has 1 heterocycles. The zero-order valence-electron chi connectivity index (χ0n) is 16.1. The summed E-state index contributed by atoms with van der Waals surface area (Å²) in [7, 11) is 0. The van der Waals surface area contributed by atoms with E-state index in [4.69, 9.17) is 9.47 Å². The minimum Gasteiger partial charge on any atom is -0.490 e. The lowest BCUT2D eigenvalue weighted by atomic mass is 9.67. The van der Waals surface area contributed by atoms with Crippen molar-refractivity contribution in [2.75, 3.05) is 13.1 Å². The van der Waals surface area contributed by atoms with Crippen LogP contribution in [0.25, 0.3) is 0 Å². The van der Waals surface area contributed by atoms with Gasteiger partial charge in [-0.25, -0.2) is 4.79 Å². The molecule has 1 spiro atoms. The van der Waals surface area contributed by atoms with Crippen LogP contribution < -0.4 is 4.74 Å². The molecule has 0 unspecified atom stereocenters. The van der Waals surface area contributed by atoms with E-state index >= 15 is 0 Å². The fourth-order valence-electron chi connectivity index (χ4n) is 4.02. The number of amides is 1. The Labute approximate surface area is 170 Å². The summed E-state index contributed by atoms with van der Waals surface area (Å²) in [6.45, 7) is 7.40. The number of carbonyl (C=O) groups excluding carboxylic acids is 1. The highest BCUT2D eigenvalue weighted by Gasteiger charge is 2.40. The van der Waals surface area contributed by atoms with Gasteiger partial charge in [-0.3, -0.25) is 0 Å². The lowest BCUT2D eigenvalue weighted by molar-refractivity contribution is -0.00465. The predicted octanol–water partition coefficient (Wildman–Crippen LogP) is 5.63. The molecule has 5 heteroatoms. The minimum absolute atomic E-state index is 0.164. The lowest BCUT2D eigenvalue weighted by Crippen LogP contribution is -2.46. The molecule has 144 valence electrons. The molecule has 0 N–H and O–H groups in total. The first-order valence-electron chi connectivity index (χ1n) is 9.65. The van der Waals surface area contributed by atoms with Crippen LogP contribution in [0, 0.1) is 8.99 Å². The maximum absolute atomic E-state index is 12.2. The molecule has 1 aliphatic carbocycles. The van der Waals surface area contributed by atoms with E-state index in [9.17, 15) is 4.79 Å². The van der Waals surface area contributed by atoms with Gasteiger partial charge in [0.1, 0.15) is 11.4 Å². The number of ether oxygens (including phenoxy) is 2. The van der Waals surface area contributed by atoms with Gasteiger partial charge in [0.25, 0.3) is 0 Å². The SMILES string of the molecule is CC(C)(C)OC(=O)N1CCC2(CCC(Oc3ccc(I)cc3)CC2)CC1. The van der Waals surface area contributed by atoms with Crippen molar-refractivity contribution in [1.29, 1.82) is 0 Å². The number of likely N-dealkylation sites (tertiary alicyclic amines) is 1. The van der Waals surface area contributed by atoms with Gasteiger partial charge in [0, 0.05) is 16.7 Å². The lowest BCUT2D eigenvalue weighted by Gasteiger charge is -2.45. The van der Waals surface area contributed by atoms with E-state index in [1.54, 1.807) is 0 Å². The smallest absolute Gasteiger partial charge is 0.410 e. The normalized spacial score (nSPS) is 20.8. The third-order valence-corrected chi connectivity index (χ3v) is 6.30. The molecule has 1 saturated heterocycles. The Morgan fingerprint density at radius 3 is 2.19 bits per heavy atom. The van der Waals surface area contributed by atoms with Crippen molar-refractivity contribution < 1.29 is 14.3 Å². The Kier molecular flexibility index (Phi) is 6.04.